The summed E-state index contributed by atoms with van der Waals surface area (Å²) in [5.74, 6) is 0.354. The van der Waals surface area contributed by atoms with Crippen LogP contribution in [-0.4, -0.2) is 31.7 Å². The molecule has 7 heteroatoms. The summed E-state index contributed by atoms with van der Waals surface area (Å²) in [6.45, 7) is 2.20. The molecular weight excluding hydrogens is 367 g/mol. The summed E-state index contributed by atoms with van der Waals surface area (Å²) in [6, 6.07) is 11.4. The van der Waals surface area contributed by atoms with Crippen molar-refractivity contribution in [2.75, 3.05) is 25.7 Å². The molecule has 27 heavy (non-hydrogen) atoms. The average Bonchev–Trinajstić information content (AvgIpc) is 3.18. The van der Waals surface area contributed by atoms with E-state index in [-0.39, 0.29) is 5.56 Å². The Bertz CT molecular complexity index is 958. The van der Waals surface area contributed by atoms with Crippen LogP contribution in [0.25, 0.3) is 11.3 Å². The molecule has 140 valence electrons. The molecule has 3 rings (SSSR count). The van der Waals surface area contributed by atoms with Crippen molar-refractivity contribution in [3.05, 3.63) is 59.2 Å². The number of rotatable bonds is 6. The van der Waals surface area contributed by atoms with E-state index in [4.69, 9.17) is 9.47 Å². The first-order valence-corrected chi connectivity index (χ1v) is 9.21. The van der Waals surface area contributed by atoms with Gasteiger partial charge in [-0.1, -0.05) is 12.1 Å². The van der Waals surface area contributed by atoms with Gasteiger partial charge in [0.2, 0.25) is 0 Å². The third-order valence-electron chi connectivity index (χ3n) is 4.07. The summed E-state index contributed by atoms with van der Waals surface area (Å²) in [6.07, 6.45) is 0. The first-order valence-electron chi connectivity index (χ1n) is 8.33. The van der Waals surface area contributed by atoms with Crippen LogP contribution in [0.5, 0.6) is 11.5 Å². The van der Waals surface area contributed by atoms with E-state index in [0.29, 0.717) is 28.9 Å². The Morgan fingerprint density at radius 1 is 1.19 bits per heavy atom. The van der Waals surface area contributed by atoms with E-state index >= 15 is 0 Å². The summed E-state index contributed by atoms with van der Waals surface area (Å²) in [5.41, 5.74) is 1.44. The Morgan fingerprint density at radius 2 is 1.96 bits per heavy atom. The second kappa shape index (κ2) is 8.18. The Morgan fingerprint density at radius 3 is 2.63 bits per heavy atom. The fourth-order valence-corrected chi connectivity index (χ4v) is 3.56. The first-order chi connectivity index (χ1) is 13.1. The minimum Gasteiger partial charge on any atom is -0.497 e. The lowest BCUT2D eigenvalue weighted by molar-refractivity contribution is 0.0984. The molecule has 0 bridgehead atoms. The zero-order chi connectivity index (χ0) is 19.4. The number of amides is 1. The number of carbonyl (C=O) groups excluding carboxylic acids is 1. The molecular formula is C20H19FN2O3S. The number of nitrogens with zero attached hydrogens (tertiary/aromatic N) is 2. The van der Waals surface area contributed by atoms with Gasteiger partial charge < -0.3 is 9.47 Å². The van der Waals surface area contributed by atoms with Crippen LogP contribution in [0.1, 0.15) is 17.3 Å². The molecule has 0 aliphatic rings. The van der Waals surface area contributed by atoms with E-state index in [1.807, 2.05) is 18.4 Å². The minimum atomic E-state index is -0.549. The maximum atomic E-state index is 14.0. The normalized spacial score (nSPS) is 10.5. The third kappa shape index (κ3) is 3.78. The summed E-state index contributed by atoms with van der Waals surface area (Å²) in [7, 11) is 3.17. The maximum absolute atomic E-state index is 14.0. The molecule has 0 fully saturated rings. The zero-order valence-electron chi connectivity index (χ0n) is 15.2. The Balaban J connectivity index is 1.97. The van der Waals surface area contributed by atoms with Crippen molar-refractivity contribution in [1.29, 1.82) is 0 Å². The highest BCUT2D eigenvalue weighted by atomic mass is 32.1. The summed E-state index contributed by atoms with van der Waals surface area (Å²) >= 11 is 1.31. The Kier molecular flexibility index (Phi) is 5.71. The smallest absolute Gasteiger partial charge is 0.263 e. The highest BCUT2D eigenvalue weighted by Gasteiger charge is 2.22. The molecule has 5 nitrogen and oxygen atoms in total. The Labute approximate surface area is 161 Å². The first kappa shape index (κ1) is 18.8. The van der Waals surface area contributed by atoms with Gasteiger partial charge in [0.05, 0.1) is 25.5 Å². The van der Waals surface area contributed by atoms with Crippen molar-refractivity contribution in [2.45, 2.75) is 6.92 Å². The number of ether oxygens (including phenoxy) is 2. The van der Waals surface area contributed by atoms with Gasteiger partial charge in [0.25, 0.3) is 5.91 Å². The van der Waals surface area contributed by atoms with E-state index in [9.17, 15) is 9.18 Å². The highest BCUT2D eigenvalue weighted by molar-refractivity contribution is 7.14. The topological polar surface area (TPSA) is 51.7 Å². The monoisotopic (exact) mass is 386 g/mol. The number of aromatic nitrogens is 1. The van der Waals surface area contributed by atoms with Gasteiger partial charge in [0.1, 0.15) is 17.3 Å². The van der Waals surface area contributed by atoms with Crippen LogP contribution >= 0.6 is 11.3 Å². The van der Waals surface area contributed by atoms with Gasteiger partial charge in [-0.05, 0) is 37.3 Å². The molecule has 1 heterocycles. The van der Waals surface area contributed by atoms with E-state index in [1.54, 1.807) is 38.5 Å². The van der Waals surface area contributed by atoms with Crippen LogP contribution in [-0.2, 0) is 0 Å². The summed E-state index contributed by atoms with van der Waals surface area (Å²) < 4.78 is 24.7. The number of hydrogen-bond acceptors (Lipinski definition) is 5. The quantitative estimate of drug-likeness (QED) is 0.620. The van der Waals surface area contributed by atoms with Crippen LogP contribution < -0.4 is 14.4 Å². The van der Waals surface area contributed by atoms with E-state index < -0.39 is 11.7 Å². The number of carbonyl (C=O) groups is 1. The fourth-order valence-electron chi connectivity index (χ4n) is 2.67. The van der Waals surface area contributed by atoms with Gasteiger partial charge >= 0.3 is 0 Å². The van der Waals surface area contributed by atoms with Crippen molar-refractivity contribution >= 4 is 22.4 Å². The van der Waals surface area contributed by atoms with Crippen molar-refractivity contribution in [3.8, 4) is 22.8 Å². The SMILES string of the molecule is CCN(C(=O)c1ccccc1F)c1nc(-c2cc(OC)ccc2OC)cs1. The van der Waals surface area contributed by atoms with Crippen LogP contribution in [0.15, 0.2) is 47.8 Å². The predicted octanol–water partition coefficient (Wildman–Crippen LogP) is 4.63. The van der Waals surface area contributed by atoms with Crippen molar-refractivity contribution < 1.29 is 18.7 Å². The molecule has 3 aromatic rings. The average molecular weight is 386 g/mol. The van der Waals surface area contributed by atoms with E-state index in [2.05, 4.69) is 4.98 Å². The predicted molar refractivity (Wildman–Crippen MR) is 104 cm³/mol. The molecule has 0 unspecified atom stereocenters. The second-order valence-electron chi connectivity index (χ2n) is 5.61. The highest BCUT2D eigenvalue weighted by Crippen LogP contribution is 2.36. The largest absolute Gasteiger partial charge is 0.497 e. The van der Waals surface area contributed by atoms with Gasteiger partial charge in [-0.3, -0.25) is 9.69 Å². The third-order valence-corrected chi connectivity index (χ3v) is 4.93. The number of methoxy groups -OCH3 is 2. The molecule has 0 saturated heterocycles. The zero-order valence-corrected chi connectivity index (χ0v) is 16.0. The van der Waals surface area contributed by atoms with Crippen molar-refractivity contribution in [3.63, 3.8) is 0 Å². The van der Waals surface area contributed by atoms with Crippen LogP contribution in [0.4, 0.5) is 9.52 Å². The van der Waals surface area contributed by atoms with Gasteiger partial charge in [0.15, 0.2) is 5.13 Å². The summed E-state index contributed by atoms with van der Waals surface area (Å²) in [5, 5.41) is 2.33. The number of anilines is 1. The molecule has 0 spiro atoms. The lowest BCUT2D eigenvalue weighted by Crippen LogP contribution is -2.31. The lowest BCUT2D eigenvalue weighted by Gasteiger charge is -2.18. The van der Waals surface area contributed by atoms with Crippen LogP contribution in [0.3, 0.4) is 0 Å². The van der Waals surface area contributed by atoms with Crippen molar-refractivity contribution in [2.24, 2.45) is 0 Å². The minimum absolute atomic E-state index is 0.0232. The fraction of sp³-hybridized carbons (Fsp3) is 0.200. The second-order valence-corrected chi connectivity index (χ2v) is 6.45. The Hall–Kier alpha value is -2.93. The van der Waals surface area contributed by atoms with Crippen LogP contribution in [0.2, 0.25) is 0 Å². The molecule has 1 amide bonds. The van der Waals surface area contributed by atoms with Gasteiger partial charge in [0, 0.05) is 17.5 Å². The number of hydrogen-bond donors (Lipinski definition) is 0. The molecule has 0 radical (unpaired) electrons. The molecule has 0 N–H and O–H groups in total. The van der Waals surface area contributed by atoms with E-state index in [1.165, 1.54) is 28.4 Å². The van der Waals surface area contributed by atoms with E-state index in [0.717, 1.165) is 5.56 Å². The maximum Gasteiger partial charge on any atom is 0.263 e. The summed E-state index contributed by atoms with van der Waals surface area (Å²) in [4.78, 5) is 18.8. The van der Waals surface area contributed by atoms with Gasteiger partial charge in [-0.15, -0.1) is 11.3 Å². The number of benzene rings is 2. The van der Waals surface area contributed by atoms with Gasteiger partial charge in [-0.25, -0.2) is 9.37 Å². The van der Waals surface area contributed by atoms with Crippen LogP contribution in [0, 0.1) is 5.82 Å². The molecule has 0 saturated carbocycles. The molecule has 0 aliphatic heterocycles. The number of halogens is 1. The number of thiazole rings is 1. The lowest BCUT2D eigenvalue weighted by atomic mass is 10.1. The molecule has 2 aromatic carbocycles. The molecule has 0 aliphatic carbocycles. The van der Waals surface area contributed by atoms with Gasteiger partial charge in [-0.2, -0.15) is 0 Å². The molecule has 0 atom stereocenters. The standard InChI is InChI=1S/C20H19FN2O3S/c1-4-23(19(24)14-7-5-6-8-16(14)21)20-22-17(12-27-20)15-11-13(25-2)9-10-18(15)26-3/h5-12H,4H2,1-3H3. The van der Waals surface area contributed by atoms with Crippen molar-refractivity contribution in [1.82, 2.24) is 4.98 Å². The molecule has 1 aromatic heterocycles.